The minimum absolute atomic E-state index is 0.603. The molecule has 1 aromatic carbocycles. The Kier molecular flexibility index (Phi) is 5.82. The number of carbonyl (C=O) groups is 1. The van der Waals surface area contributed by atoms with Crippen LogP contribution in [0.25, 0.3) is 0 Å². The lowest BCUT2D eigenvalue weighted by Crippen LogP contribution is -2.20. The van der Waals surface area contributed by atoms with E-state index in [9.17, 15) is 4.79 Å². The SMILES string of the molecule is CCCCC(C)C1CCC(c2ccccc2C=O)CC1. The Balaban J connectivity index is 1.92. The van der Waals surface area contributed by atoms with Gasteiger partial charge in [0.1, 0.15) is 6.29 Å². The lowest BCUT2D eigenvalue weighted by molar-refractivity contribution is 0.112. The molecule has 1 fully saturated rings. The van der Waals surface area contributed by atoms with E-state index in [1.54, 1.807) is 0 Å². The van der Waals surface area contributed by atoms with Crippen molar-refractivity contribution in [2.75, 3.05) is 0 Å². The third-order valence-electron chi connectivity index (χ3n) is 5.15. The van der Waals surface area contributed by atoms with Gasteiger partial charge in [0.2, 0.25) is 0 Å². The Hall–Kier alpha value is -1.11. The maximum Gasteiger partial charge on any atom is 0.150 e. The molecular weight excluding hydrogens is 244 g/mol. The highest BCUT2D eigenvalue weighted by molar-refractivity contribution is 5.77. The predicted octanol–water partition coefficient (Wildman–Crippen LogP) is 5.60. The molecule has 0 aromatic heterocycles. The second-order valence-electron chi connectivity index (χ2n) is 6.48. The quantitative estimate of drug-likeness (QED) is 0.616. The first kappa shape index (κ1) is 15.3. The predicted molar refractivity (Wildman–Crippen MR) is 85.2 cm³/mol. The molecule has 20 heavy (non-hydrogen) atoms. The van der Waals surface area contributed by atoms with Crippen molar-refractivity contribution in [1.29, 1.82) is 0 Å². The minimum atomic E-state index is 0.603. The van der Waals surface area contributed by atoms with Crippen molar-refractivity contribution < 1.29 is 4.79 Å². The van der Waals surface area contributed by atoms with Gasteiger partial charge in [0.25, 0.3) is 0 Å². The fourth-order valence-corrected chi connectivity index (χ4v) is 3.75. The summed E-state index contributed by atoms with van der Waals surface area (Å²) < 4.78 is 0. The molecule has 0 spiro atoms. The maximum atomic E-state index is 11.2. The van der Waals surface area contributed by atoms with E-state index in [0.29, 0.717) is 5.92 Å². The van der Waals surface area contributed by atoms with Gasteiger partial charge in [-0.3, -0.25) is 4.79 Å². The van der Waals surface area contributed by atoms with Gasteiger partial charge in [-0.2, -0.15) is 0 Å². The van der Waals surface area contributed by atoms with Crippen LogP contribution in [0.4, 0.5) is 0 Å². The van der Waals surface area contributed by atoms with E-state index in [1.165, 1.54) is 50.5 Å². The highest BCUT2D eigenvalue weighted by Gasteiger charge is 2.26. The van der Waals surface area contributed by atoms with Crippen molar-refractivity contribution in [1.82, 2.24) is 0 Å². The van der Waals surface area contributed by atoms with Crippen LogP contribution < -0.4 is 0 Å². The molecule has 110 valence electrons. The zero-order valence-corrected chi connectivity index (χ0v) is 13.0. The summed E-state index contributed by atoms with van der Waals surface area (Å²) in [4.78, 5) is 11.2. The summed E-state index contributed by atoms with van der Waals surface area (Å²) in [5.41, 5.74) is 2.18. The molecule has 0 saturated heterocycles. The lowest BCUT2D eigenvalue weighted by Gasteiger charge is -2.33. The summed E-state index contributed by atoms with van der Waals surface area (Å²) in [6, 6.07) is 8.14. The van der Waals surface area contributed by atoms with Crippen LogP contribution in [0.1, 0.15) is 80.6 Å². The first-order valence-electron chi connectivity index (χ1n) is 8.30. The highest BCUT2D eigenvalue weighted by Crippen LogP contribution is 2.40. The Morgan fingerprint density at radius 3 is 2.55 bits per heavy atom. The molecule has 1 atom stereocenters. The van der Waals surface area contributed by atoms with E-state index in [-0.39, 0.29) is 0 Å². The topological polar surface area (TPSA) is 17.1 Å². The molecule has 0 amide bonds. The number of aldehydes is 1. The molecule has 1 saturated carbocycles. The number of hydrogen-bond donors (Lipinski definition) is 0. The monoisotopic (exact) mass is 272 g/mol. The van der Waals surface area contributed by atoms with Gasteiger partial charge in [-0.1, -0.05) is 57.4 Å². The Bertz CT molecular complexity index is 416. The minimum Gasteiger partial charge on any atom is -0.298 e. The summed E-state index contributed by atoms with van der Waals surface area (Å²) in [6.45, 7) is 4.71. The Labute approximate surface area is 123 Å². The number of rotatable bonds is 6. The molecule has 0 bridgehead atoms. The van der Waals surface area contributed by atoms with Crippen LogP contribution in [0, 0.1) is 11.8 Å². The molecule has 1 aliphatic rings. The third-order valence-corrected chi connectivity index (χ3v) is 5.15. The van der Waals surface area contributed by atoms with Crippen molar-refractivity contribution in [3.8, 4) is 0 Å². The maximum absolute atomic E-state index is 11.2. The fraction of sp³-hybridized carbons (Fsp3) is 0.632. The largest absolute Gasteiger partial charge is 0.298 e. The van der Waals surface area contributed by atoms with E-state index in [0.717, 1.165) is 23.7 Å². The number of benzene rings is 1. The summed E-state index contributed by atoms with van der Waals surface area (Å²) in [6.07, 6.45) is 10.3. The van der Waals surface area contributed by atoms with Crippen LogP contribution in [0.15, 0.2) is 24.3 Å². The van der Waals surface area contributed by atoms with E-state index in [4.69, 9.17) is 0 Å². The third kappa shape index (κ3) is 3.71. The van der Waals surface area contributed by atoms with Gasteiger partial charge in [-0.25, -0.2) is 0 Å². The van der Waals surface area contributed by atoms with Gasteiger partial charge in [-0.05, 0) is 49.0 Å². The van der Waals surface area contributed by atoms with E-state index < -0.39 is 0 Å². The van der Waals surface area contributed by atoms with E-state index in [2.05, 4.69) is 26.0 Å². The van der Waals surface area contributed by atoms with Crippen molar-refractivity contribution in [3.63, 3.8) is 0 Å². The smallest absolute Gasteiger partial charge is 0.150 e. The summed E-state index contributed by atoms with van der Waals surface area (Å²) in [7, 11) is 0. The molecule has 0 radical (unpaired) electrons. The average Bonchev–Trinajstić information content (AvgIpc) is 2.52. The van der Waals surface area contributed by atoms with Crippen LogP contribution in [0.5, 0.6) is 0 Å². The van der Waals surface area contributed by atoms with Crippen molar-refractivity contribution in [3.05, 3.63) is 35.4 Å². The Morgan fingerprint density at radius 1 is 1.20 bits per heavy atom. The van der Waals surface area contributed by atoms with Gasteiger partial charge in [0.05, 0.1) is 0 Å². The van der Waals surface area contributed by atoms with Crippen LogP contribution >= 0.6 is 0 Å². The summed E-state index contributed by atoms with van der Waals surface area (Å²) in [5.74, 6) is 2.38. The molecule has 1 nitrogen and oxygen atoms in total. The van der Waals surface area contributed by atoms with E-state index >= 15 is 0 Å². The molecule has 1 aromatic rings. The zero-order chi connectivity index (χ0) is 14.4. The Morgan fingerprint density at radius 2 is 1.90 bits per heavy atom. The number of unbranched alkanes of at least 4 members (excludes halogenated alkanes) is 1. The molecule has 1 aliphatic carbocycles. The van der Waals surface area contributed by atoms with Gasteiger partial charge in [0, 0.05) is 5.56 Å². The van der Waals surface area contributed by atoms with Gasteiger partial charge < -0.3 is 0 Å². The van der Waals surface area contributed by atoms with Gasteiger partial charge in [0.15, 0.2) is 0 Å². The molecule has 0 heterocycles. The van der Waals surface area contributed by atoms with Crippen molar-refractivity contribution in [2.45, 2.75) is 64.7 Å². The second kappa shape index (κ2) is 7.61. The standard InChI is InChI=1S/C19H28O/c1-3-4-7-15(2)16-10-12-17(13-11-16)19-9-6-5-8-18(19)14-20/h5-6,8-9,14-17H,3-4,7,10-13H2,1-2H3. The van der Waals surface area contributed by atoms with Crippen LogP contribution in [0.3, 0.4) is 0 Å². The molecular formula is C19H28O. The van der Waals surface area contributed by atoms with Crippen LogP contribution in [-0.2, 0) is 0 Å². The molecule has 1 heteroatoms. The molecule has 0 aliphatic heterocycles. The highest BCUT2D eigenvalue weighted by atomic mass is 16.1. The van der Waals surface area contributed by atoms with E-state index in [1.807, 2.05) is 12.1 Å². The van der Waals surface area contributed by atoms with Gasteiger partial charge in [-0.15, -0.1) is 0 Å². The first-order valence-corrected chi connectivity index (χ1v) is 8.30. The van der Waals surface area contributed by atoms with Crippen molar-refractivity contribution in [2.24, 2.45) is 11.8 Å². The number of carbonyl (C=O) groups excluding carboxylic acids is 1. The average molecular weight is 272 g/mol. The zero-order valence-electron chi connectivity index (χ0n) is 13.0. The van der Waals surface area contributed by atoms with Crippen LogP contribution in [-0.4, -0.2) is 6.29 Å². The lowest BCUT2D eigenvalue weighted by atomic mass is 9.72. The van der Waals surface area contributed by atoms with Gasteiger partial charge >= 0.3 is 0 Å². The van der Waals surface area contributed by atoms with Crippen molar-refractivity contribution >= 4 is 6.29 Å². The fourth-order valence-electron chi connectivity index (χ4n) is 3.75. The molecule has 1 unspecified atom stereocenters. The molecule has 0 N–H and O–H groups in total. The summed E-state index contributed by atoms with van der Waals surface area (Å²) in [5, 5.41) is 0. The normalized spacial score (nSPS) is 24.3. The first-order chi connectivity index (χ1) is 9.76. The summed E-state index contributed by atoms with van der Waals surface area (Å²) >= 11 is 0. The second-order valence-corrected chi connectivity index (χ2v) is 6.48. The van der Waals surface area contributed by atoms with Crippen LogP contribution in [0.2, 0.25) is 0 Å². The number of hydrogen-bond acceptors (Lipinski definition) is 1. The molecule has 2 rings (SSSR count).